The number of fused-ring (bicyclic) bond motifs is 2. The molecular formula is C21H21FN4O3. The van der Waals surface area contributed by atoms with Gasteiger partial charge in [0.05, 0.1) is 22.3 Å². The van der Waals surface area contributed by atoms with Crippen LogP contribution in [0.5, 0.6) is 0 Å². The molecule has 150 valence electrons. The number of rotatable bonds is 3. The highest BCUT2D eigenvalue weighted by Gasteiger charge is 2.30. The molecule has 2 aliphatic rings. The average Bonchev–Trinajstić information content (AvgIpc) is 3.44. The smallest absolute Gasteiger partial charge is 0.341 e. The molecule has 1 aliphatic heterocycles. The van der Waals surface area contributed by atoms with Gasteiger partial charge in [0, 0.05) is 56.1 Å². The van der Waals surface area contributed by atoms with Crippen molar-refractivity contribution >= 4 is 22.6 Å². The maximum Gasteiger partial charge on any atom is 0.341 e. The number of pyridine rings is 1. The number of carboxylic acid groups (broad SMARTS) is 1. The summed E-state index contributed by atoms with van der Waals surface area (Å²) in [5.41, 5.74) is 2.42. The Morgan fingerprint density at radius 1 is 1.31 bits per heavy atom. The van der Waals surface area contributed by atoms with Gasteiger partial charge in [0.1, 0.15) is 11.4 Å². The Morgan fingerprint density at radius 2 is 2.07 bits per heavy atom. The van der Waals surface area contributed by atoms with Crippen LogP contribution < -0.4 is 10.3 Å². The van der Waals surface area contributed by atoms with Gasteiger partial charge in [-0.3, -0.25) is 9.48 Å². The molecule has 0 amide bonds. The Balaban J connectivity index is 1.71. The molecule has 7 nitrogen and oxygen atoms in total. The van der Waals surface area contributed by atoms with Crippen molar-refractivity contribution in [2.24, 2.45) is 7.05 Å². The number of anilines is 1. The normalized spacial score (nSPS) is 16.3. The van der Waals surface area contributed by atoms with E-state index >= 15 is 4.39 Å². The zero-order valence-corrected chi connectivity index (χ0v) is 16.3. The highest BCUT2D eigenvalue weighted by Crippen LogP contribution is 2.39. The first-order valence-corrected chi connectivity index (χ1v) is 9.72. The fourth-order valence-corrected chi connectivity index (χ4v) is 4.35. The number of aryl methyl sites for hydroxylation is 2. The summed E-state index contributed by atoms with van der Waals surface area (Å²) in [5.74, 6) is -1.75. The number of carboxylic acids is 1. The van der Waals surface area contributed by atoms with Gasteiger partial charge < -0.3 is 14.6 Å². The van der Waals surface area contributed by atoms with Gasteiger partial charge in [-0.25, -0.2) is 9.18 Å². The molecule has 8 heteroatoms. The van der Waals surface area contributed by atoms with Crippen molar-refractivity contribution in [2.45, 2.75) is 38.8 Å². The molecule has 1 aromatic carbocycles. The molecule has 1 aliphatic carbocycles. The first kappa shape index (κ1) is 17.9. The number of nitrogens with zero attached hydrogens (tertiary/aromatic N) is 4. The SMILES string of the molecule is Cc1c(F)c(N2CCc3nn(C)cc3C2)cc2c1c(=O)c(C(=O)O)cn2C1CC1. The number of hydrogen-bond donors (Lipinski definition) is 1. The van der Waals surface area contributed by atoms with E-state index in [2.05, 4.69) is 5.10 Å². The van der Waals surface area contributed by atoms with Crippen molar-refractivity contribution in [3.63, 3.8) is 0 Å². The molecule has 0 bridgehead atoms. The summed E-state index contributed by atoms with van der Waals surface area (Å²) in [6.45, 7) is 2.74. The van der Waals surface area contributed by atoms with E-state index in [9.17, 15) is 14.7 Å². The summed E-state index contributed by atoms with van der Waals surface area (Å²) in [7, 11) is 1.87. The van der Waals surface area contributed by atoms with Crippen LogP contribution in [-0.2, 0) is 20.0 Å². The van der Waals surface area contributed by atoms with E-state index in [1.165, 1.54) is 6.20 Å². The minimum absolute atomic E-state index is 0.153. The van der Waals surface area contributed by atoms with Crippen molar-refractivity contribution < 1.29 is 14.3 Å². The molecule has 29 heavy (non-hydrogen) atoms. The van der Waals surface area contributed by atoms with Crippen LogP contribution in [0.1, 0.15) is 46.1 Å². The molecule has 1 saturated carbocycles. The molecule has 3 aromatic rings. The highest BCUT2D eigenvalue weighted by molar-refractivity contribution is 5.95. The lowest BCUT2D eigenvalue weighted by atomic mass is 10.0. The zero-order chi connectivity index (χ0) is 20.4. The van der Waals surface area contributed by atoms with Crippen molar-refractivity contribution in [1.82, 2.24) is 14.3 Å². The number of aromatic carboxylic acids is 1. The number of halogens is 1. The number of benzene rings is 1. The fraction of sp³-hybridized carbons (Fsp3) is 0.381. The average molecular weight is 396 g/mol. The van der Waals surface area contributed by atoms with Crippen LogP contribution in [0.4, 0.5) is 10.1 Å². The van der Waals surface area contributed by atoms with Crippen LogP contribution in [-0.4, -0.2) is 32.0 Å². The molecule has 3 heterocycles. The third-order valence-electron chi connectivity index (χ3n) is 5.96. The standard InChI is InChI=1S/C21H21FN4O3/c1-11-18-16(26(13-3-4-13)10-14(20(18)27)21(28)29)7-17(19(11)22)25-6-5-15-12(9-25)8-24(2)23-15/h7-8,10,13H,3-6,9H2,1-2H3,(H,28,29). The largest absolute Gasteiger partial charge is 0.477 e. The minimum atomic E-state index is -1.28. The van der Waals surface area contributed by atoms with Gasteiger partial charge in [-0.1, -0.05) is 0 Å². The van der Waals surface area contributed by atoms with Gasteiger partial charge in [0.15, 0.2) is 0 Å². The number of carbonyl (C=O) groups is 1. The first-order chi connectivity index (χ1) is 13.8. The second-order valence-corrected chi connectivity index (χ2v) is 7.99. The van der Waals surface area contributed by atoms with Gasteiger partial charge in [-0.05, 0) is 25.8 Å². The topological polar surface area (TPSA) is 80.4 Å². The molecule has 0 atom stereocenters. The first-order valence-electron chi connectivity index (χ1n) is 9.72. The van der Waals surface area contributed by atoms with E-state index in [0.717, 1.165) is 30.5 Å². The Hall–Kier alpha value is -3.16. The second-order valence-electron chi connectivity index (χ2n) is 7.99. The predicted octanol–water partition coefficient (Wildman–Crippen LogP) is 2.78. The maximum absolute atomic E-state index is 15.4. The Morgan fingerprint density at radius 3 is 2.76 bits per heavy atom. The molecule has 1 N–H and O–H groups in total. The molecule has 0 radical (unpaired) electrons. The van der Waals surface area contributed by atoms with E-state index in [-0.39, 0.29) is 22.6 Å². The number of hydrogen-bond acceptors (Lipinski definition) is 4. The van der Waals surface area contributed by atoms with Gasteiger partial charge >= 0.3 is 5.97 Å². The number of aromatic nitrogens is 3. The monoisotopic (exact) mass is 396 g/mol. The van der Waals surface area contributed by atoms with Crippen LogP contribution >= 0.6 is 0 Å². The van der Waals surface area contributed by atoms with E-state index < -0.39 is 17.2 Å². The van der Waals surface area contributed by atoms with E-state index in [0.29, 0.717) is 24.3 Å². The maximum atomic E-state index is 15.4. The summed E-state index contributed by atoms with van der Waals surface area (Å²) in [5, 5.41) is 14.1. The second kappa shape index (κ2) is 6.17. The predicted molar refractivity (Wildman–Crippen MR) is 106 cm³/mol. The summed E-state index contributed by atoms with van der Waals surface area (Å²) < 4.78 is 19.0. The van der Waals surface area contributed by atoms with Crippen molar-refractivity contribution in [2.75, 3.05) is 11.4 Å². The van der Waals surface area contributed by atoms with Crippen LogP contribution in [0.15, 0.2) is 23.3 Å². The summed E-state index contributed by atoms with van der Waals surface area (Å²) in [6.07, 6.45) is 5.94. The zero-order valence-electron chi connectivity index (χ0n) is 16.3. The molecule has 5 rings (SSSR count). The summed E-state index contributed by atoms with van der Waals surface area (Å²) in [4.78, 5) is 26.3. The lowest BCUT2D eigenvalue weighted by molar-refractivity contribution is 0.0695. The summed E-state index contributed by atoms with van der Waals surface area (Å²) in [6, 6.07) is 1.87. The lowest BCUT2D eigenvalue weighted by Crippen LogP contribution is -2.31. The highest BCUT2D eigenvalue weighted by atomic mass is 19.1. The van der Waals surface area contributed by atoms with Crippen molar-refractivity contribution in [1.29, 1.82) is 0 Å². The van der Waals surface area contributed by atoms with Gasteiger partial charge in [0.2, 0.25) is 5.43 Å². The molecule has 0 saturated heterocycles. The summed E-state index contributed by atoms with van der Waals surface area (Å²) >= 11 is 0. The quantitative estimate of drug-likeness (QED) is 0.736. The van der Waals surface area contributed by atoms with Crippen LogP contribution in [0.25, 0.3) is 10.9 Å². The van der Waals surface area contributed by atoms with Gasteiger partial charge in [0.25, 0.3) is 0 Å². The Kier molecular flexibility index (Phi) is 3.81. The van der Waals surface area contributed by atoms with E-state index in [4.69, 9.17) is 0 Å². The van der Waals surface area contributed by atoms with Crippen LogP contribution in [0, 0.1) is 12.7 Å². The van der Waals surface area contributed by atoms with Crippen molar-refractivity contribution in [3.8, 4) is 0 Å². The minimum Gasteiger partial charge on any atom is -0.477 e. The van der Waals surface area contributed by atoms with Crippen molar-refractivity contribution in [3.05, 3.63) is 56.9 Å². The molecule has 0 spiro atoms. The Bertz CT molecular complexity index is 1240. The van der Waals surface area contributed by atoms with Gasteiger partial charge in [-0.2, -0.15) is 5.10 Å². The third-order valence-corrected chi connectivity index (χ3v) is 5.96. The van der Waals surface area contributed by atoms with Crippen LogP contribution in [0.2, 0.25) is 0 Å². The Labute approximate surface area is 166 Å². The molecule has 2 aromatic heterocycles. The molecule has 1 fully saturated rings. The van der Waals surface area contributed by atoms with Crippen LogP contribution in [0.3, 0.4) is 0 Å². The van der Waals surface area contributed by atoms with Gasteiger partial charge in [-0.15, -0.1) is 0 Å². The third kappa shape index (κ3) is 2.73. The van der Waals surface area contributed by atoms with E-state index in [1.54, 1.807) is 17.7 Å². The molecular weight excluding hydrogens is 375 g/mol. The fourth-order valence-electron chi connectivity index (χ4n) is 4.35. The molecule has 0 unspecified atom stereocenters. The van der Waals surface area contributed by atoms with E-state index in [1.807, 2.05) is 22.7 Å². The lowest BCUT2D eigenvalue weighted by Gasteiger charge is -2.30.